The molecule has 5 nitrogen and oxygen atoms in total. The average Bonchev–Trinajstić information content (AvgIpc) is 2.83. The topological polar surface area (TPSA) is 68.1 Å². The Morgan fingerprint density at radius 2 is 1.88 bits per heavy atom. The lowest BCUT2D eigenvalue weighted by Crippen LogP contribution is -2.13. The van der Waals surface area contributed by atoms with Crippen LogP contribution in [0.4, 0.5) is 0 Å². The van der Waals surface area contributed by atoms with Crippen LogP contribution in [0.5, 0.6) is 11.6 Å². The molecule has 1 N–H and O–H groups in total. The van der Waals surface area contributed by atoms with Crippen LogP contribution < -0.4 is 4.74 Å². The van der Waals surface area contributed by atoms with E-state index in [1.807, 2.05) is 31.2 Å². The molecule has 0 unspecified atom stereocenters. The molecule has 0 bridgehead atoms. The van der Waals surface area contributed by atoms with Gasteiger partial charge in [0.1, 0.15) is 5.03 Å². The van der Waals surface area contributed by atoms with Crippen molar-refractivity contribution in [2.24, 2.45) is 0 Å². The molecule has 0 fully saturated rings. The van der Waals surface area contributed by atoms with E-state index in [1.54, 1.807) is 18.0 Å². The van der Waals surface area contributed by atoms with Gasteiger partial charge in [-0.05, 0) is 31.5 Å². The Bertz CT molecular complexity index is 1340. The number of aliphatic hydroxyl groups excluding tert-OH is 1. The summed E-state index contributed by atoms with van der Waals surface area (Å²) >= 11 is 7.89. The lowest BCUT2D eigenvalue weighted by atomic mass is 9.99. The van der Waals surface area contributed by atoms with E-state index in [1.165, 1.54) is 11.1 Å². The van der Waals surface area contributed by atoms with Gasteiger partial charge >= 0.3 is 0 Å². The molecule has 2 aromatic heterocycles. The summed E-state index contributed by atoms with van der Waals surface area (Å²) in [6.07, 6.45) is 2.29. The van der Waals surface area contributed by atoms with Gasteiger partial charge < -0.3 is 9.84 Å². The zero-order chi connectivity index (χ0) is 22.9. The number of nitrogens with zero attached hydrogens (tertiary/aromatic N) is 3. The number of aliphatic hydroxyl groups is 1. The predicted octanol–water partition coefficient (Wildman–Crippen LogP) is 6.29. The second-order valence-corrected chi connectivity index (χ2v) is 9.43. The van der Waals surface area contributed by atoms with Crippen LogP contribution in [0, 0.1) is 13.8 Å². The van der Waals surface area contributed by atoms with Gasteiger partial charge in [0.2, 0.25) is 5.88 Å². The highest BCUT2D eigenvalue weighted by Gasteiger charge is 2.27. The zero-order valence-corrected chi connectivity index (χ0v) is 19.9. The van der Waals surface area contributed by atoms with Crippen LogP contribution in [0.2, 0.25) is 5.02 Å². The van der Waals surface area contributed by atoms with Crippen LogP contribution in [-0.2, 0) is 18.8 Å². The Labute approximate surface area is 201 Å². The SMILES string of the molecule is Cc1ccc(CSc2nc(-c3cccc(Cl)c3)nc3c2Cc2c(CO)cnc(C)c2O3)cc1. The van der Waals surface area contributed by atoms with Crippen molar-refractivity contribution in [3.8, 4) is 23.0 Å². The smallest absolute Gasteiger partial charge is 0.227 e. The fourth-order valence-corrected chi connectivity index (χ4v) is 4.98. The van der Waals surface area contributed by atoms with Crippen LogP contribution in [0.1, 0.15) is 33.5 Å². The minimum absolute atomic E-state index is 0.0956. The fraction of sp³-hybridized carbons (Fsp3) is 0.192. The summed E-state index contributed by atoms with van der Waals surface area (Å²) in [6.45, 7) is 3.89. The molecule has 1 aliphatic rings. The summed E-state index contributed by atoms with van der Waals surface area (Å²) in [7, 11) is 0. The first-order valence-electron chi connectivity index (χ1n) is 10.6. The van der Waals surface area contributed by atoms with E-state index in [0.29, 0.717) is 28.9 Å². The Morgan fingerprint density at radius 1 is 1.06 bits per heavy atom. The highest BCUT2D eigenvalue weighted by atomic mass is 35.5. The van der Waals surface area contributed by atoms with Crippen molar-refractivity contribution in [2.45, 2.75) is 37.7 Å². The average molecular weight is 476 g/mol. The maximum absolute atomic E-state index is 9.85. The Balaban J connectivity index is 1.59. The number of hydrogen-bond acceptors (Lipinski definition) is 6. The van der Waals surface area contributed by atoms with Gasteiger partial charge in [-0.25, -0.2) is 4.98 Å². The van der Waals surface area contributed by atoms with E-state index in [2.05, 4.69) is 36.2 Å². The van der Waals surface area contributed by atoms with Gasteiger partial charge in [-0.2, -0.15) is 4.98 Å². The summed E-state index contributed by atoms with van der Waals surface area (Å²) in [6, 6.07) is 16.0. The van der Waals surface area contributed by atoms with Crippen molar-refractivity contribution in [1.82, 2.24) is 15.0 Å². The maximum atomic E-state index is 9.85. The lowest BCUT2D eigenvalue weighted by molar-refractivity contribution is 0.278. The van der Waals surface area contributed by atoms with Crippen molar-refractivity contribution in [3.63, 3.8) is 0 Å². The minimum atomic E-state index is -0.0956. The molecule has 5 rings (SSSR count). The van der Waals surface area contributed by atoms with Crippen LogP contribution in [-0.4, -0.2) is 20.1 Å². The highest BCUT2D eigenvalue weighted by molar-refractivity contribution is 7.98. The normalized spacial score (nSPS) is 12.1. The molecule has 7 heteroatoms. The molecular formula is C26H22ClN3O2S. The number of hydrogen-bond donors (Lipinski definition) is 1. The number of ether oxygens (including phenoxy) is 1. The van der Waals surface area contributed by atoms with Gasteiger partial charge in [-0.3, -0.25) is 4.98 Å². The first-order valence-corrected chi connectivity index (χ1v) is 12.0. The molecule has 2 aromatic carbocycles. The second kappa shape index (κ2) is 9.14. The van der Waals surface area contributed by atoms with Crippen LogP contribution >= 0.6 is 23.4 Å². The summed E-state index contributed by atoms with van der Waals surface area (Å²) in [5, 5.41) is 11.3. The third-order valence-corrected chi connectivity index (χ3v) is 6.96. The monoisotopic (exact) mass is 475 g/mol. The number of aromatic nitrogens is 3. The quantitative estimate of drug-likeness (QED) is 0.238. The summed E-state index contributed by atoms with van der Waals surface area (Å²) in [5.74, 6) is 2.53. The van der Waals surface area contributed by atoms with Crippen molar-refractivity contribution >= 4 is 23.4 Å². The maximum Gasteiger partial charge on any atom is 0.227 e. The number of rotatable bonds is 5. The van der Waals surface area contributed by atoms with E-state index >= 15 is 0 Å². The molecule has 33 heavy (non-hydrogen) atoms. The van der Waals surface area contributed by atoms with Gasteiger partial charge in [0.05, 0.1) is 17.9 Å². The first kappa shape index (κ1) is 21.9. The number of aryl methyl sites for hydroxylation is 2. The van der Waals surface area contributed by atoms with Crippen molar-refractivity contribution in [1.29, 1.82) is 0 Å². The number of benzene rings is 2. The van der Waals surface area contributed by atoms with Gasteiger partial charge in [0.25, 0.3) is 0 Å². The standard InChI is InChI=1S/C26H22ClN3O2S/c1-15-6-8-17(9-7-15)14-33-26-22-11-21-19(13-31)12-28-16(2)23(21)32-25(22)29-24(30-26)18-4-3-5-20(27)10-18/h3-10,12,31H,11,13-14H2,1-2H3. The second-order valence-electron chi connectivity index (χ2n) is 8.03. The summed E-state index contributed by atoms with van der Waals surface area (Å²) in [5.41, 5.74) is 6.67. The van der Waals surface area contributed by atoms with E-state index in [4.69, 9.17) is 26.3 Å². The molecular weight excluding hydrogens is 454 g/mol. The van der Waals surface area contributed by atoms with Gasteiger partial charge in [-0.1, -0.05) is 53.6 Å². The van der Waals surface area contributed by atoms with Crippen molar-refractivity contribution < 1.29 is 9.84 Å². The lowest BCUT2D eigenvalue weighted by Gasteiger charge is -2.24. The third-order valence-electron chi connectivity index (χ3n) is 5.64. The van der Waals surface area contributed by atoms with Crippen molar-refractivity contribution in [3.05, 3.63) is 93.3 Å². The Morgan fingerprint density at radius 3 is 2.64 bits per heavy atom. The third kappa shape index (κ3) is 4.47. The van der Waals surface area contributed by atoms with Gasteiger partial charge in [0, 0.05) is 40.1 Å². The molecule has 0 atom stereocenters. The van der Waals surface area contributed by atoms with E-state index in [9.17, 15) is 5.11 Å². The summed E-state index contributed by atoms with van der Waals surface area (Å²) in [4.78, 5) is 14.1. The Kier molecular flexibility index (Phi) is 6.06. The van der Waals surface area contributed by atoms with E-state index in [0.717, 1.165) is 38.7 Å². The molecule has 0 saturated carbocycles. The number of fused-ring (bicyclic) bond motifs is 2. The molecule has 0 amide bonds. The Hall–Kier alpha value is -2.93. The molecule has 0 aliphatic carbocycles. The minimum Gasteiger partial charge on any atom is -0.436 e. The molecule has 1 aliphatic heterocycles. The fourth-order valence-electron chi connectivity index (χ4n) is 3.81. The van der Waals surface area contributed by atoms with Crippen molar-refractivity contribution in [2.75, 3.05) is 0 Å². The first-order chi connectivity index (χ1) is 16.0. The van der Waals surface area contributed by atoms with E-state index in [-0.39, 0.29) is 6.61 Å². The number of pyridine rings is 1. The van der Waals surface area contributed by atoms with Crippen LogP contribution in [0.3, 0.4) is 0 Å². The number of thioether (sulfide) groups is 1. The predicted molar refractivity (Wildman–Crippen MR) is 131 cm³/mol. The van der Waals surface area contributed by atoms with E-state index < -0.39 is 0 Å². The largest absolute Gasteiger partial charge is 0.436 e. The summed E-state index contributed by atoms with van der Waals surface area (Å²) < 4.78 is 6.28. The molecule has 4 aromatic rings. The number of halogens is 1. The van der Waals surface area contributed by atoms with Gasteiger partial charge in [-0.15, -0.1) is 11.8 Å². The molecule has 166 valence electrons. The molecule has 0 radical (unpaired) electrons. The highest BCUT2D eigenvalue weighted by Crippen LogP contribution is 2.43. The van der Waals surface area contributed by atoms with Crippen LogP contribution in [0.25, 0.3) is 11.4 Å². The zero-order valence-electron chi connectivity index (χ0n) is 18.3. The molecule has 3 heterocycles. The molecule has 0 spiro atoms. The van der Waals surface area contributed by atoms with Crippen LogP contribution in [0.15, 0.2) is 59.8 Å². The van der Waals surface area contributed by atoms with Gasteiger partial charge in [0.15, 0.2) is 11.6 Å². The molecule has 0 saturated heterocycles.